The molecule has 1 N–H and O–H groups in total. The number of fused-ring (bicyclic) bond motifs is 1. The lowest BCUT2D eigenvalue weighted by atomic mass is 10.1. The van der Waals surface area contributed by atoms with Gasteiger partial charge in [-0.3, -0.25) is 10.2 Å². The second-order valence-electron chi connectivity index (χ2n) is 5.01. The number of rotatable bonds is 4. The van der Waals surface area contributed by atoms with Gasteiger partial charge in [0.1, 0.15) is 11.6 Å². The minimum atomic E-state index is 0. The van der Waals surface area contributed by atoms with Crippen LogP contribution in [0.25, 0.3) is 0 Å². The summed E-state index contributed by atoms with van der Waals surface area (Å²) >= 11 is 0. The fraction of sp³-hybridized carbons (Fsp3) is 0.176. The van der Waals surface area contributed by atoms with Gasteiger partial charge in [-0.2, -0.15) is 0 Å². The van der Waals surface area contributed by atoms with Crippen LogP contribution in [0.3, 0.4) is 0 Å². The fourth-order valence-electron chi connectivity index (χ4n) is 2.52. The standard InChI is InChI=1S/C17H16N2O2.BrH/c1-21-14-8-6-12(7-9-14)16(20)11-19-10-13-4-2-3-5-15(13)17(19)18;/h2-9,18H,10-11H2,1H3;1H/p-1. The van der Waals surface area contributed by atoms with Crippen LogP contribution >= 0.6 is 0 Å². The molecule has 0 fully saturated rings. The molecule has 0 atom stereocenters. The summed E-state index contributed by atoms with van der Waals surface area (Å²) in [6, 6.07) is 14.9. The first-order valence-corrected chi connectivity index (χ1v) is 6.78. The molecule has 0 unspecified atom stereocenters. The van der Waals surface area contributed by atoms with E-state index in [1.807, 2.05) is 24.3 Å². The van der Waals surface area contributed by atoms with Crippen molar-refractivity contribution < 1.29 is 26.5 Å². The molecule has 2 aromatic carbocycles. The summed E-state index contributed by atoms with van der Waals surface area (Å²) in [5, 5.41) is 8.16. The van der Waals surface area contributed by atoms with E-state index in [4.69, 9.17) is 10.1 Å². The van der Waals surface area contributed by atoms with E-state index in [1.165, 1.54) is 0 Å². The maximum atomic E-state index is 12.3. The maximum absolute atomic E-state index is 12.3. The molecule has 0 aliphatic carbocycles. The average molecular weight is 360 g/mol. The minimum Gasteiger partial charge on any atom is -1.00 e. The molecule has 0 saturated heterocycles. The number of carbonyl (C=O) groups excluding carboxylic acids is 1. The lowest BCUT2D eigenvalue weighted by Gasteiger charge is -2.16. The quantitative estimate of drug-likeness (QED) is 0.764. The zero-order valence-corrected chi connectivity index (χ0v) is 13.8. The van der Waals surface area contributed by atoms with E-state index in [1.54, 1.807) is 36.3 Å². The van der Waals surface area contributed by atoms with Crippen molar-refractivity contribution in [3.8, 4) is 5.75 Å². The third kappa shape index (κ3) is 3.04. The number of carbonyl (C=O) groups is 1. The van der Waals surface area contributed by atoms with Gasteiger partial charge in [-0.05, 0) is 29.8 Å². The van der Waals surface area contributed by atoms with Crippen molar-refractivity contribution in [2.24, 2.45) is 0 Å². The summed E-state index contributed by atoms with van der Waals surface area (Å²) in [5.74, 6) is 1.16. The first-order valence-electron chi connectivity index (χ1n) is 6.78. The van der Waals surface area contributed by atoms with E-state index in [2.05, 4.69) is 0 Å². The van der Waals surface area contributed by atoms with Crippen LogP contribution in [0.2, 0.25) is 0 Å². The second-order valence-corrected chi connectivity index (χ2v) is 5.01. The molecule has 0 bridgehead atoms. The number of ether oxygens (including phenoxy) is 1. The average Bonchev–Trinajstić information content (AvgIpc) is 2.84. The number of methoxy groups -OCH3 is 1. The van der Waals surface area contributed by atoms with Crippen LogP contribution in [-0.2, 0) is 6.54 Å². The number of benzene rings is 2. The Morgan fingerprint density at radius 3 is 2.50 bits per heavy atom. The first-order chi connectivity index (χ1) is 10.2. The number of hydrogen-bond acceptors (Lipinski definition) is 3. The lowest BCUT2D eigenvalue weighted by Crippen LogP contribution is -3.00. The number of nitrogens with zero attached hydrogens (tertiary/aromatic N) is 1. The van der Waals surface area contributed by atoms with Gasteiger partial charge in [0.25, 0.3) is 0 Å². The van der Waals surface area contributed by atoms with Gasteiger partial charge in [-0.25, -0.2) is 0 Å². The van der Waals surface area contributed by atoms with Crippen LogP contribution in [0.15, 0.2) is 48.5 Å². The van der Waals surface area contributed by atoms with Crippen LogP contribution in [0, 0.1) is 5.41 Å². The van der Waals surface area contributed by atoms with Crippen LogP contribution in [0.1, 0.15) is 21.5 Å². The molecule has 1 aliphatic rings. The molecule has 1 heterocycles. The van der Waals surface area contributed by atoms with Crippen molar-refractivity contribution in [2.75, 3.05) is 13.7 Å². The van der Waals surface area contributed by atoms with E-state index < -0.39 is 0 Å². The lowest BCUT2D eigenvalue weighted by molar-refractivity contribution is -0.0000126. The molecular formula is C17H16BrN2O2-. The Bertz CT molecular complexity index is 698. The fourth-order valence-corrected chi connectivity index (χ4v) is 2.52. The number of halogens is 1. The summed E-state index contributed by atoms with van der Waals surface area (Å²) in [4.78, 5) is 14.1. The van der Waals surface area contributed by atoms with Crippen molar-refractivity contribution in [1.29, 1.82) is 5.41 Å². The smallest absolute Gasteiger partial charge is 0.182 e. The van der Waals surface area contributed by atoms with E-state index >= 15 is 0 Å². The zero-order valence-electron chi connectivity index (χ0n) is 12.2. The first kappa shape index (κ1) is 16.2. The molecule has 0 spiro atoms. The largest absolute Gasteiger partial charge is 1.00 e. The van der Waals surface area contributed by atoms with E-state index in [0.29, 0.717) is 17.9 Å². The van der Waals surface area contributed by atoms with Crippen molar-refractivity contribution in [3.63, 3.8) is 0 Å². The van der Waals surface area contributed by atoms with Gasteiger partial charge < -0.3 is 26.6 Å². The Kier molecular flexibility index (Phi) is 4.98. The summed E-state index contributed by atoms with van der Waals surface area (Å²) in [6.45, 7) is 0.844. The predicted molar refractivity (Wildman–Crippen MR) is 81.0 cm³/mol. The van der Waals surface area contributed by atoms with Gasteiger partial charge in [-0.1, -0.05) is 24.3 Å². The summed E-state index contributed by atoms with van der Waals surface area (Å²) in [7, 11) is 1.60. The normalized spacial score (nSPS) is 12.6. The van der Waals surface area contributed by atoms with Crippen LogP contribution in [-0.4, -0.2) is 30.2 Å². The number of hydrogen-bond donors (Lipinski definition) is 1. The van der Waals surface area contributed by atoms with Gasteiger partial charge in [0.2, 0.25) is 0 Å². The second kappa shape index (κ2) is 6.75. The third-order valence-electron chi connectivity index (χ3n) is 3.70. The number of amidine groups is 1. The molecule has 114 valence electrons. The van der Waals surface area contributed by atoms with E-state index in [0.717, 1.165) is 16.9 Å². The highest BCUT2D eigenvalue weighted by Gasteiger charge is 2.25. The summed E-state index contributed by atoms with van der Waals surface area (Å²) in [6.07, 6.45) is 0. The van der Waals surface area contributed by atoms with E-state index in [-0.39, 0.29) is 29.3 Å². The maximum Gasteiger partial charge on any atom is 0.182 e. The zero-order chi connectivity index (χ0) is 14.8. The third-order valence-corrected chi connectivity index (χ3v) is 3.70. The highest BCUT2D eigenvalue weighted by atomic mass is 79.9. The molecule has 5 heteroatoms. The minimum absolute atomic E-state index is 0. The van der Waals surface area contributed by atoms with Crippen LogP contribution < -0.4 is 21.7 Å². The highest BCUT2D eigenvalue weighted by Crippen LogP contribution is 2.22. The van der Waals surface area contributed by atoms with Crippen molar-refractivity contribution in [1.82, 2.24) is 4.90 Å². The summed E-state index contributed by atoms with van der Waals surface area (Å²) in [5.41, 5.74) is 2.66. The van der Waals surface area contributed by atoms with E-state index in [9.17, 15) is 4.79 Å². The molecule has 3 rings (SSSR count). The Labute approximate surface area is 140 Å². The van der Waals surface area contributed by atoms with Gasteiger partial charge in [0.05, 0.1) is 13.7 Å². The molecule has 22 heavy (non-hydrogen) atoms. The topological polar surface area (TPSA) is 53.4 Å². The molecule has 0 amide bonds. The van der Waals surface area contributed by atoms with Crippen molar-refractivity contribution in [2.45, 2.75) is 6.54 Å². The Hall–Kier alpha value is -2.14. The molecule has 0 aromatic heterocycles. The monoisotopic (exact) mass is 359 g/mol. The molecule has 1 aliphatic heterocycles. The molecule has 2 aromatic rings. The van der Waals surface area contributed by atoms with Crippen molar-refractivity contribution in [3.05, 3.63) is 65.2 Å². The number of nitrogens with one attached hydrogen (secondary N) is 1. The highest BCUT2D eigenvalue weighted by molar-refractivity contribution is 6.05. The molecular weight excluding hydrogens is 344 g/mol. The van der Waals surface area contributed by atoms with Gasteiger partial charge in [-0.15, -0.1) is 0 Å². The van der Waals surface area contributed by atoms with Gasteiger partial charge >= 0.3 is 0 Å². The molecule has 0 saturated carbocycles. The van der Waals surface area contributed by atoms with Crippen molar-refractivity contribution >= 4 is 11.6 Å². The van der Waals surface area contributed by atoms with Crippen LogP contribution in [0.5, 0.6) is 5.75 Å². The number of Topliss-reactive ketones (excluding diaryl/α,β-unsaturated/α-hetero) is 1. The SMILES string of the molecule is COc1ccc(C(=O)CN2Cc3ccccc3C2=N)cc1.[Br-]. The number of ketones is 1. The Morgan fingerprint density at radius 1 is 1.18 bits per heavy atom. The van der Waals surface area contributed by atoms with Gasteiger partial charge in [0.15, 0.2) is 5.78 Å². The Morgan fingerprint density at radius 2 is 1.86 bits per heavy atom. The predicted octanol–water partition coefficient (Wildman–Crippen LogP) is -0.277. The molecule has 4 nitrogen and oxygen atoms in total. The van der Waals surface area contributed by atoms with Crippen LogP contribution in [0.4, 0.5) is 0 Å². The molecule has 0 radical (unpaired) electrons. The Balaban J connectivity index is 0.00000176. The van der Waals surface area contributed by atoms with Gasteiger partial charge in [0, 0.05) is 17.7 Å². The summed E-state index contributed by atoms with van der Waals surface area (Å²) < 4.78 is 5.09.